The Morgan fingerprint density at radius 2 is 1.61 bits per heavy atom. The van der Waals surface area contributed by atoms with E-state index in [2.05, 4.69) is 33.0 Å². The molecule has 10 heteroatoms. The summed E-state index contributed by atoms with van der Waals surface area (Å²) >= 11 is 3.09. The van der Waals surface area contributed by atoms with Gasteiger partial charge < -0.3 is 10.2 Å². The number of carbonyl (C=O) groups is 3. The van der Waals surface area contributed by atoms with E-state index in [1.54, 1.807) is 40.9 Å². The maximum atomic E-state index is 12.8. The molecule has 0 bridgehead atoms. The number of nitrogens with one attached hydrogen (secondary N) is 2. The topological polar surface area (TPSA) is 104 Å². The predicted octanol–water partition coefficient (Wildman–Crippen LogP) is 5.22. The van der Waals surface area contributed by atoms with Crippen molar-refractivity contribution >= 4 is 57.3 Å². The first-order valence-electron chi connectivity index (χ1n) is 12.1. The molecule has 3 aromatic carbocycles. The second-order valence-electron chi connectivity index (χ2n) is 8.74. The average molecular weight is 544 g/mol. The molecule has 0 saturated carbocycles. The number of thioether (sulfide) groups is 1. The van der Waals surface area contributed by atoms with E-state index in [0.717, 1.165) is 16.4 Å². The molecule has 0 radical (unpaired) electrons. The van der Waals surface area contributed by atoms with Crippen molar-refractivity contribution in [3.05, 3.63) is 101 Å². The minimum Gasteiger partial charge on any atom is -0.326 e. The number of anilines is 3. The second-order valence-corrected chi connectivity index (χ2v) is 10.8. The van der Waals surface area contributed by atoms with Crippen LogP contribution < -0.4 is 15.5 Å². The molecule has 8 nitrogen and oxygen atoms in total. The van der Waals surface area contributed by atoms with E-state index < -0.39 is 5.92 Å². The molecule has 38 heavy (non-hydrogen) atoms. The number of hydrogen-bond acceptors (Lipinski definition) is 7. The maximum absolute atomic E-state index is 12.8. The van der Waals surface area contributed by atoms with E-state index in [0.29, 0.717) is 28.7 Å². The van der Waals surface area contributed by atoms with Crippen molar-refractivity contribution in [1.29, 1.82) is 0 Å². The van der Waals surface area contributed by atoms with Crippen molar-refractivity contribution in [2.75, 3.05) is 22.1 Å². The number of benzene rings is 3. The van der Waals surface area contributed by atoms with Crippen LogP contribution in [0.5, 0.6) is 0 Å². The van der Waals surface area contributed by atoms with Crippen LogP contribution in [0.3, 0.4) is 0 Å². The first kappa shape index (κ1) is 25.6. The highest BCUT2D eigenvalue weighted by Crippen LogP contribution is 2.26. The summed E-state index contributed by atoms with van der Waals surface area (Å²) in [4.78, 5) is 39.5. The number of aromatic nitrogens is 2. The van der Waals surface area contributed by atoms with Gasteiger partial charge in [0, 0.05) is 41.4 Å². The SMILES string of the molecule is O=C(Nc1nnc(CSCc2ccccc2)s1)c1ccc(NC(=O)C2CC(=O)N(c3ccccc3)C2)cc1. The third-order valence-electron chi connectivity index (χ3n) is 6.00. The van der Waals surface area contributed by atoms with Gasteiger partial charge in [0.15, 0.2) is 0 Å². The zero-order chi connectivity index (χ0) is 26.3. The lowest BCUT2D eigenvalue weighted by Crippen LogP contribution is -2.28. The lowest BCUT2D eigenvalue weighted by atomic mass is 10.1. The van der Waals surface area contributed by atoms with Crippen molar-refractivity contribution in [3.8, 4) is 0 Å². The third kappa shape index (κ3) is 6.45. The minimum atomic E-state index is -0.442. The molecule has 2 N–H and O–H groups in total. The van der Waals surface area contributed by atoms with E-state index in [-0.39, 0.29) is 24.1 Å². The van der Waals surface area contributed by atoms with E-state index in [1.807, 2.05) is 48.5 Å². The summed E-state index contributed by atoms with van der Waals surface area (Å²) in [5, 5.41) is 15.2. The van der Waals surface area contributed by atoms with Gasteiger partial charge in [-0.2, -0.15) is 0 Å². The van der Waals surface area contributed by atoms with Crippen molar-refractivity contribution < 1.29 is 14.4 Å². The Kier molecular flexibility index (Phi) is 8.10. The molecule has 3 amide bonds. The summed E-state index contributed by atoms with van der Waals surface area (Å²) in [6.07, 6.45) is 0.163. The number of para-hydroxylation sites is 1. The van der Waals surface area contributed by atoms with Crippen LogP contribution in [0.25, 0.3) is 0 Å². The standard InChI is InChI=1S/C28H25N5O3S2/c34-25-15-21(16-33(25)23-9-5-2-6-10-23)27(36)29-22-13-11-20(12-14-22)26(35)30-28-32-31-24(38-28)18-37-17-19-7-3-1-4-8-19/h1-14,21H,15-18H2,(H,29,36)(H,30,32,35). The molecule has 192 valence electrons. The Labute approximate surface area is 228 Å². The van der Waals surface area contributed by atoms with E-state index >= 15 is 0 Å². The fourth-order valence-corrected chi connectivity index (χ4v) is 5.83. The van der Waals surface area contributed by atoms with Gasteiger partial charge in [-0.25, -0.2) is 0 Å². The van der Waals surface area contributed by atoms with Crippen molar-refractivity contribution in [2.24, 2.45) is 5.92 Å². The van der Waals surface area contributed by atoms with Gasteiger partial charge in [0.1, 0.15) is 5.01 Å². The molecule has 1 atom stereocenters. The van der Waals surface area contributed by atoms with Crippen molar-refractivity contribution in [1.82, 2.24) is 10.2 Å². The zero-order valence-corrected chi connectivity index (χ0v) is 22.0. The predicted molar refractivity (Wildman–Crippen MR) is 151 cm³/mol. The first-order chi connectivity index (χ1) is 18.5. The van der Waals surface area contributed by atoms with Gasteiger partial charge in [0.25, 0.3) is 5.91 Å². The van der Waals surface area contributed by atoms with Crippen LogP contribution in [0.1, 0.15) is 27.3 Å². The van der Waals surface area contributed by atoms with Crippen LogP contribution in [0.15, 0.2) is 84.9 Å². The van der Waals surface area contributed by atoms with Crippen LogP contribution in [0.2, 0.25) is 0 Å². The number of rotatable bonds is 9. The lowest BCUT2D eigenvalue weighted by Gasteiger charge is -2.16. The molecule has 0 aliphatic carbocycles. The van der Waals surface area contributed by atoms with Crippen LogP contribution in [-0.4, -0.2) is 34.5 Å². The summed E-state index contributed by atoms with van der Waals surface area (Å²) in [5.41, 5.74) is 3.04. The summed E-state index contributed by atoms with van der Waals surface area (Å²) in [6.45, 7) is 0.337. The second kappa shape index (κ2) is 12.0. The fraction of sp³-hybridized carbons (Fsp3) is 0.179. The van der Waals surface area contributed by atoms with E-state index in [1.165, 1.54) is 16.9 Å². The molecule has 1 aromatic heterocycles. The number of hydrogen-bond donors (Lipinski definition) is 2. The normalized spacial score (nSPS) is 14.9. The van der Waals surface area contributed by atoms with Gasteiger partial charge in [0.05, 0.1) is 5.92 Å². The van der Waals surface area contributed by atoms with Crippen LogP contribution >= 0.6 is 23.1 Å². The highest BCUT2D eigenvalue weighted by Gasteiger charge is 2.35. The third-order valence-corrected chi connectivity index (χ3v) is 8.04. The maximum Gasteiger partial charge on any atom is 0.257 e. The van der Waals surface area contributed by atoms with Gasteiger partial charge in [-0.3, -0.25) is 19.7 Å². The molecular weight excluding hydrogens is 518 g/mol. The molecule has 1 saturated heterocycles. The number of carbonyl (C=O) groups excluding carboxylic acids is 3. The van der Waals surface area contributed by atoms with Crippen molar-refractivity contribution in [3.63, 3.8) is 0 Å². The highest BCUT2D eigenvalue weighted by atomic mass is 32.2. The first-order valence-corrected chi connectivity index (χ1v) is 14.0. The molecular formula is C28H25N5O3S2. The fourth-order valence-electron chi connectivity index (χ4n) is 4.05. The van der Waals surface area contributed by atoms with Crippen molar-refractivity contribution in [2.45, 2.75) is 17.9 Å². The quantitative estimate of drug-likeness (QED) is 0.300. The largest absolute Gasteiger partial charge is 0.326 e. The van der Waals surface area contributed by atoms with Crippen LogP contribution in [0.4, 0.5) is 16.5 Å². The Bertz CT molecular complexity index is 1410. The molecule has 1 fully saturated rings. The van der Waals surface area contributed by atoms with Crippen LogP contribution in [-0.2, 0) is 21.1 Å². The molecule has 2 heterocycles. The molecule has 1 unspecified atom stereocenters. The van der Waals surface area contributed by atoms with Gasteiger partial charge in [-0.1, -0.05) is 59.9 Å². The number of amides is 3. The molecule has 4 aromatic rings. The van der Waals surface area contributed by atoms with Gasteiger partial charge in [0.2, 0.25) is 16.9 Å². The Morgan fingerprint density at radius 1 is 0.895 bits per heavy atom. The average Bonchev–Trinajstić information content (AvgIpc) is 3.56. The minimum absolute atomic E-state index is 0.0713. The lowest BCUT2D eigenvalue weighted by molar-refractivity contribution is -0.122. The smallest absolute Gasteiger partial charge is 0.257 e. The Balaban J connectivity index is 1.10. The molecule has 1 aliphatic heterocycles. The highest BCUT2D eigenvalue weighted by molar-refractivity contribution is 7.97. The summed E-state index contributed by atoms with van der Waals surface area (Å²) in [7, 11) is 0. The van der Waals surface area contributed by atoms with Gasteiger partial charge in [-0.15, -0.1) is 22.0 Å². The van der Waals surface area contributed by atoms with Gasteiger partial charge in [-0.05, 0) is 42.0 Å². The van der Waals surface area contributed by atoms with E-state index in [9.17, 15) is 14.4 Å². The molecule has 1 aliphatic rings. The summed E-state index contributed by atoms with van der Waals surface area (Å²) in [6, 6.07) is 26.2. The summed E-state index contributed by atoms with van der Waals surface area (Å²) in [5.74, 6) is 0.559. The summed E-state index contributed by atoms with van der Waals surface area (Å²) < 4.78 is 0. The van der Waals surface area contributed by atoms with Crippen LogP contribution in [0, 0.1) is 5.92 Å². The zero-order valence-electron chi connectivity index (χ0n) is 20.4. The Hall–Kier alpha value is -4.02. The molecule has 0 spiro atoms. The van der Waals surface area contributed by atoms with E-state index in [4.69, 9.17) is 0 Å². The monoisotopic (exact) mass is 543 g/mol. The Morgan fingerprint density at radius 3 is 2.34 bits per heavy atom. The van der Waals surface area contributed by atoms with Gasteiger partial charge >= 0.3 is 0 Å². The molecule has 5 rings (SSSR count). The number of nitrogens with zero attached hydrogens (tertiary/aromatic N) is 3.